The van der Waals surface area contributed by atoms with Gasteiger partial charge in [0.15, 0.2) is 0 Å². The Labute approximate surface area is 79.2 Å². The van der Waals surface area contributed by atoms with Crippen LogP contribution in [0.3, 0.4) is 0 Å². The topological polar surface area (TPSA) is 59.6 Å². The molecule has 1 rings (SSSR count). The third kappa shape index (κ3) is 4.81. The molecule has 1 unspecified atom stereocenters. The van der Waals surface area contributed by atoms with E-state index in [0.717, 1.165) is 6.42 Å². The van der Waals surface area contributed by atoms with E-state index in [0.29, 0.717) is 6.04 Å². The molecule has 13 heavy (non-hydrogen) atoms. The minimum absolute atomic E-state index is 0.567. The Morgan fingerprint density at radius 1 is 1.31 bits per heavy atom. The summed E-state index contributed by atoms with van der Waals surface area (Å²) in [5.41, 5.74) is 1.21. The largest absolute Gasteiger partial charge is 0.383 e. The summed E-state index contributed by atoms with van der Waals surface area (Å²) < 4.78 is 0. The number of nitrogens with zero attached hydrogens (tertiary/aromatic N) is 1. The van der Waals surface area contributed by atoms with E-state index in [9.17, 15) is 0 Å². The van der Waals surface area contributed by atoms with E-state index < -0.39 is 0 Å². The summed E-state index contributed by atoms with van der Waals surface area (Å²) in [5, 5.41) is 14.4. The Bertz CT molecular complexity index is 230. The fourth-order valence-electron chi connectivity index (χ4n) is 0.921. The van der Waals surface area contributed by atoms with E-state index >= 15 is 0 Å². The lowest BCUT2D eigenvalue weighted by Crippen LogP contribution is -2.12. The third-order valence-electron chi connectivity index (χ3n) is 1.80. The van der Waals surface area contributed by atoms with Gasteiger partial charge in [-0.15, -0.1) is 0 Å². The third-order valence-corrected chi connectivity index (χ3v) is 1.80. The van der Waals surface area contributed by atoms with E-state index in [1.54, 1.807) is 0 Å². The average molecular weight is 178 g/mol. The molecule has 1 atom stereocenters. The summed E-state index contributed by atoms with van der Waals surface area (Å²) in [7, 11) is 0. The van der Waals surface area contributed by atoms with Crippen LogP contribution in [0.5, 0.6) is 0 Å². The first-order chi connectivity index (χ1) is 6.33. The molecule has 1 aromatic rings. The zero-order valence-corrected chi connectivity index (χ0v) is 8.12. The maximum atomic E-state index is 6.25. The summed E-state index contributed by atoms with van der Waals surface area (Å²) in [6.45, 7) is 4.37. The van der Waals surface area contributed by atoms with Gasteiger partial charge in [-0.1, -0.05) is 25.1 Å². The standard InChI is InChI=1S/C10H15N.N2/c1-3-9(2)11-10-7-5-4-6-8-10;1-2/h4-9,11H,3H2,1-2H3;/p+1. The number of nitrogens with one attached hydrogen (secondary N) is 2. The van der Waals surface area contributed by atoms with E-state index in [2.05, 4.69) is 31.3 Å². The summed E-state index contributed by atoms with van der Waals surface area (Å²) >= 11 is 0. The van der Waals surface area contributed by atoms with Crippen molar-refractivity contribution in [2.45, 2.75) is 26.3 Å². The van der Waals surface area contributed by atoms with Crippen molar-refractivity contribution in [3.63, 3.8) is 0 Å². The molecule has 0 aliphatic carbocycles. The molecule has 0 saturated carbocycles. The second-order valence-electron chi connectivity index (χ2n) is 2.82. The van der Waals surface area contributed by atoms with Gasteiger partial charge >= 0.3 is 0 Å². The van der Waals surface area contributed by atoms with Gasteiger partial charge in [-0.2, -0.15) is 0 Å². The predicted molar refractivity (Wildman–Crippen MR) is 52.5 cm³/mol. The highest BCUT2D eigenvalue weighted by Gasteiger charge is 1.95. The van der Waals surface area contributed by atoms with Gasteiger partial charge in [-0.25, -0.2) is 0 Å². The molecule has 3 nitrogen and oxygen atoms in total. The number of rotatable bonds is 3. The molecule has 0 heterocycles. The van der Waals surface area contributed by atoms with Crippen LogP contribution in [0.15, 0.2) is 30.3 Å². The molecule has 0 aliphatic heterocycles. The Kier molecular flexibility index (Phi) is 6.26. The van der Waals surface area contributed by atoms with E-state index in [-0.39, 0.29) is 0 Å². The minimum atomic E-state index is 0.567. The Morgan fingerprint density at radius 3 is 2.31 bits per heavy atom. The summed E-state index contributed by atoms with van der Waals surface area (Å²) in [5.74, 6) is 0. The molecule has 3 heteroatoms. The van der Waals surface area contributed by atoms with E-state index in [4.69, 9.17) is 10.8 Å². The lowest BCUT2D eigenvalue weighted by Gasteiger charge is -2.11. The van der Waals surface area contributed by atoms with Crippen molar-refractivity contribution >= 4 is 5.69 Å². The lowest BCUT2D eigenvalue weighted by molar-refractivity contribution is -0.175. The van der Waals surface area contributed by atoms with Crippen LogP contribution in [0.2, 0.25) is 0 Å². The molecule has 0 spiro atoms. The SMILES string of the molecule is CCC(C)Nc1ccccc1.N#[NH+]. The molecule has 2 N–H and O–H groups in total. The summed E-state index contributed by atoms with van der Waals surface area (Å²) in [6, 6.07) is 10.9. The first kappa shape index (κ1) is 11.4. The van der Waals surface area contributed by atoms with Crippen LogP contribution in [0.25, 0.3) is 0 Å². The molecule has 70 valence electrons. The van der Waals surface area contributed by atoms with Crippen LogP contribution in [-0.2, 0) is 0 Å². The maximum absolute atomic E-state index is 6.25. The van der Waals surface area contributed by atoms with Crippen molar-refractivity contribution in [1.82, 2.24) is 0 Å². The van der Waals surface area contributed by atoms with Crippen LogP contribution < -0.4 is 10.7 Å². The van der Waals surface area contributed by atoms with Crippen LogP contribution >= 0.6 is 0 Å². The molecule has 0 radical (unpaired) electrons. The lowest BCUT2D eigenvalue weighted by atomic mass is 10.2. The fourth-order valence-corrected chi connectivity index (χ4v) is 0.921. The Balaban J connectivity index is 0.000000671. The second kappa shape index (κ2) is 7.11. The van der Waals surface area contributed by atoms with Crippen LogP contribution in [0, 0.1) is 5.39 Å². The highest BCUT2D eigenvalue weighted by Crippen LogP contribution is 2.07. The molecule has 0 aromatic heterocycles. The maximum Gasteiger partial charge on any atom is 0.212 e. The molecule has 0 fully saturated rings. The van der Waals surface area contributed by atoms with Gasteiger partial charge in [0.05, 0.1) is 5.39 Å². The van der Waals surface area contributed by atoms with Gasteiger partial charge in [-0.3, -0.25) is 0 Å². The van der Waals surface area contributed by atoms with Crippen molar-refractivity contribution in [3.8, 4) is 0 Å². The zero-order valence-electron chi connectivity index (χ0n) is 8.12. The monoisotopic (exact) mass is 178 g/mol. The molecule has 0 aliphatic rings. The first-order valence-electron chi connectivity index (χ1n) is 4.37. The van der Waals surface area contributed by atoms with Crippen molar-refractivity contribution in [2.75, 3.05) is 5.32 Å². The van der Waals surface area contributed by atoms with Gasteiger partial charge in [0.2, 0.25) is 5.39 Å². The highest BCUT2D eigenvalue weighted by molar-refractivity contribution is 5.43. The van der Waals surface area contributed by atoms with Crippen molar-refractivity contribution < 1.29 is 5.39 Å². The van der Waals surface area contributed by atoms with Gasteiger partial charge in [0.1, 0.15) is 0 Å². The first-order valence-corrected chi connectivity index (χ1v) is 4.37. The van der Waals surface area contributed by atoms with Crippen molar-refractivity contribution in [2.24, 2.45) is 0 Å². The minimum Gasteiger partial charge on any atom is -0.383 e. The van der Waals surface area contributed by atoms with Crippen LogP contribution in [0.1, 0.15) is 20.3 Å². The molecule has 0 amide bonds. The summed E-state index contributed by atoms with van der Waals surface area (Å²) in [6.07, 6.45) is 1.16. The van der Waals surface area contributed by atoms with E-state index in [1.807, 2.05) is 18.2 Å². The van der Waals surface area contributed by atoms with Crippen molar-refractivity contribution in [3.05, 3.63) is 30.3 Å². The fraction of sp³-hybridized carbons (Fsp3) is 0.400. The Hall–Kier alpha value is -1.56. The van der Waals surface area contributed by atoms with Crippen LogP contribution in [-0.4, -0.2) is 6.04 Å². The highest BCUT2D eigenvalue weighted by atomic mass is 14.9. The van der Waals surface area contributed by atoms with Gasteiger partial charge in [-0.05, 0) is 25.5 Å². The Morgan fingerprint density at radius 2 is 1.85 bits per heavy atom. The van der Waals surface area contributed by atoms with Crippen LogP contribution in [0.4, 0.5) is 5.69 Å². The molecular weight excluding hydrogens is 162 g/mol. The summed E-state index contributed by atoms with van der Waals surface area (Å²) in [4.78, 5) is 0. The predicted octanol–water partition coefficient (Wildman–Crippen LogP) is 1.18. The van der Waals surface area contributed by atoms with Gasteiger partial charge in [0, 0.05) is 11.7 Å². The van der Waals surface area contributed by atoms with Gasteiger partial charge in [0.25, 0.3) is 0 Å². The number of hydrogen-bond acceptors (Lipinski definition) is 2. The average Bonchev–Trinajstić information content (AvgIpc) is 2.22. The number of diazo groups is 1. The van der Waals surface area contributed by atoms with Crippen molar-refractivity contribution in [1.29, 1.82) is 5.39 Å². The molecule has 1 aromatic carbocycles. The number of hydrogen-bond donors (Lipinski definition) is 2. The molecular formula is C10H16N3+. The molecule has 0 saturated heterocycles. The normalized spacial score (nSPS) is 10.8. The number of anilines is 1. The van der Waals surface area contributed by atoms with E-state index in [1.165, 1.54) is 5.69 Å². The number of para-hydroxylation sites is 1. The quantitative estimate of drug-likeness (QED) is 0.683. The molecule has 0 bridgehead atoms. The van der Waals surface area contributed by atoms with Gasteiger partial charge < -0.3 is 5.32 Å². The number of benzene rings is 1. The second-order valence-corrected chi connectivity index (χ2v) is 2.82. The smallest absolute Gasteiger partial charge is 0.212 e. The zero-order chi connectivity index (χ0) is 10.1.